The predicted octanol–water partition coefficient (Wildman–Crippen LogP) is 6.23. The van der Waals surface area contributed by atoms with Crippen molar-refractivity contribution in [3.05, 3.63) is 54.6 Å². The van der Waals surface area contributed by atoms with Crippen LogP contribution in [0.5, 0.6) is 5.75 Å². The molecule has 1 heterocycles. The van der Waals surface area contributed by atoms with Gasteiger partial charge in [-0.2, -0.15) is 0 Å². The lowest BCUT2D eigenvalue weighted by Crippen LogP contribution is -2.06. The van der Waals surface area contributed by atoms with Crippen LogP contribution in [0, 0.1) is 0 Å². The molecule has 0 saturated carbocycles. The maximum absolute atomic E-state index is 11.8. The molecule has 4 rings (SSSR count). The molecule has 0 aliphatic rings. The van der Waals surface area contributed by atoms with E-state index >= 15 is 0 Å². The highest BCUT2D eigenvalue weighted by Gasteiger charge is 2.14. The van der Waals surface area contributed by atoms with Crippen molar-refractivity contribution in [2.75, 3.05) is 12.4 Å². The van der Waals surface area contributed by atoms with Gasteiger partial charge in [0.1, 0.15) is 11.4 Å². The summed E-state index contributed by atoms with van der Waals surface area (Å²) in [4.78, 5) is 16.9. The quantitative estimate of drug-likeness (QED) is 0.226. The Morgan fingerprint density at radius 1 is 1.14 bits per heavy atom. The maximum Gasteiger partial charge on any atom is 0.316 e. The number of phenolic OH excluding ortho intramolecular Hbond substituents is 1. The summed E-state index contributed by atoms with van der Waals surface area (Å²) >= 11 is 2.71. The van der Waals surface area contributed by atoms with Crippen LogP contribution in [0.25, 0.3) is 21.0 Å². The molecule has 0 atom stereocenters. The van der Waals surface area contributed by atoms with Gasteiger partial charge in [-0.25, -0.2) is 4.98 Å². The minimum atomic E-state index is -0.320. The topological polar surface area (TPSA) is 84.1 Å². The number of aromatic nitrogens is 1. The summed E-state index contributed by atoms with van der Waals surface area (Å²) in [6, 6.07) is 16.8. The first-order valence-corrected chi connectivity index (χ1v) is 10.8. The van der Waals surface area contributed by atoms with Crippen molar-refractivity contribution in [1.29, 1.82) is 0 Å². The number of thiazole rings is 1. The molecule has 4 aromatic rings. The van der Waals surface area contributed by atoms with Crippen molar-refractivity contribution in [1.82, 2.24) is 4.98 Å². The van der Waals surface area contributed by atoms with Gasteiger partial charge in [-0.15, -0.1) is 22.0 Å². The van der Waals surface area contributed by atoms with Crippen molar-refractivity contribution < 1.29 is 14.6 Å². The highest BCUT2D eigenvalue weighted by atomic mass is 32.2. The molecule has 1 aromatic heterocycles. The van der Waals surface area contributed by atoms with Crippen LogP contribution >= 0.6 is 23.1 Å². The number of esters is 1. The van der Waals surface area contributed by atoms with Crippen LogP contribution < -0.4 is 0 Å². The number of carbonyl (C=O) groups is 1. The fourth-order valence-electron chi connectivity index (χ4n) is 2.86. The van der Waals surface area contributed by atoms with Gasteiger partial charge in [-0.1, -0.05) is 47.7 Å². The molecule has 3 aromatic carbocycles. The first kappa shape index (κ1) is 19.4. The lowest BCUT2D eigenvalue weighted by Gasteiger charge is -2.10. The zero-order valence-electron chi connectivity index (χ0n) is 15.5. The minimum Gasteiger partial charge on any atom is -0.507 e. The Morgan fingerprint density at radius 2 is 1.90 bits per heavy atom. The maximum atomic E-state index is 11.8. The lowest BCUT2D eigenvalue weighted by molar-refractivity contribution is -0.139. The minimum absolute atomic E-state index is 0.120. The summed E-state index contributed by atoms with van der Waals surface area (Å²) in [7, 11) is 0. The second-order valence-corrected chi connectivity index (χ2v) is 8.07. The van der Waals surface area contributed by atoms with Crippen molar-refractivity contribution >= 4 is 60.9 Å². The fraction of sp³-hybridized carbons (Fsp3) is 0.143. The number of phenols is 1. The Morgan fingerprint density at radius 3 is 2.69 bits per heavy atom. The van der Waals surface area contributed by atoms with Gasteiger partial charge in [0, 0.05) is 15.7 Å². The van der Waals surface area contributed by atoms with E-state index in [1.165, 1.54) is 23.1 Å². The number of fused-ring (bicyclic) bond motifs is 2. The third-order valence-electron chi connectivity index (χ3n) is 4.13. The second kappa shape index (κ2) is 8.59. The summed E-state index contributed by atoms with van der Waals surface area (Å²) in [6.07, 6.45) is 0. The summed E-state index contributed by atoms with van der Waals surface area (Å²) in [5.41, 5.74) is 1.46. The number of thioether (sulfide) groups is 1. The number of carbonyl (C=O) groups excluding carboxylic acids is 1. The normalized spacial score (nSPS) is 11.5. The van der Waals surface area contributed by atoms with Gasteiger partial charge >= 0.3 is 5.97 Å². The number of rotatable bonds is 6. The van der Waals surface area contributed by atoms with E-state index in [9.17, 15) is 9.90 Å². The molecule has 6 nitrogen and oxygen atoms in total. The number of azo groups is 1. The van der Waals surface area contributed by atoms with Crippen LogP contribution in [-0.2, 0) is 9.53 Å². The number of hydrogen-bond donors (Lipinski definition) is 1. The third kappa shape index (κ3) is 4.23. The van der Waals surface area contributed by atoms with E-state index in [0.29, 0.717) is 27.7 Å². The molecule has 0 aliphatic heterocycles. The highest BCUT2D eigenvalue weighted by molar-refractivity contribution is 8.00. The van der Waals surface area contributed by atoms with E-state index in [1.807, 2.05) is 48.5 Å². The molecule has 0 amide bonds. The Kier molecular flexibility index (Phi) is 5.73. The predicted molar refractivity (Wildman–Crippen MR) is 117 cm³/mol. The average Bonchev–Trinajstić information content (AvgIpc) is 3.15. The number of hydrogen-bond acceptors (Lipinski definition) is 8. The van der Waals surface area contributed by atoms with E-state index in [-0.39, 0.29) is 17.5 Å². The summed E-state index contributed by atoms with van der Waals surface area (Å²) < 4.78 is 6.04. The zero-order valence-corrected chi connectivity index (χ0v) is 17.2. The first-order valence-electron chi connectivity index (χ1n) is 8.96. The molecule has 8 heteroatoms. The van der Waals surface area contributed by atoms with Crippen LogP contribution in [0.1, 0.15) is 6.92 Å². The fourth-order valence-corrected chi connectivity index (χ4v) is 4.49. The van der Waals surface area contributed by atoms with E-state index in [4.69, 9.17) is 4.74 Å². The van der Waals surface area contributed by atoms with Gasteiger partial charge in [0.25, 0.3) is 0 Å². The van der Waals surface area contributed by atoms with Crippen molar-refractivity contribution in [2.24, 2.45) is 10.2 Å². The zero-order chi connectivity index (χ0) is 20.2. The molecule has 0 spiro atoms. The molecule has 0 aliphatic carbocycles. The summed E-state index contributed by atoms with van der Waals surface area (Å²) in [6.45, 7) is 2.09. The van der Waals surface area contributed by atoms with Crippen molar-refractivity contribution in [3.63, 3.8) is 0 Å². The SMILES string of the molecule is CCOC(=O)CSc1cc(O)c2ccccc2c1N=Nc1nc2ccccc2s1. The van der Waals surface area contributed by atoms with Crippen LogP contribution in [0.3, 0.4) is 0 Å². The second-order valence-electron chi connectivity index (χ2n) is 6.05. The summed E-state index contributed by atoms with van der Waals surface area (Å²) in [5, 5.41) is 21.2. The molecule has 0 bridgehead atoms. The average molecular weight is 424 g/mol. The van der Waals surface area contributed by atoms with Gasteiger partial charge in [0.15, 0.2) is 0 Å². The lowest BCUT2D eigenvalue weighted by atomic mass is 10.1. The molecule has 1 N–H and O–H groups in total. The third-order valence-corrected chi connectivity index (χ3v) is 6.05. The van der Waals surface area contributed by atoms with Gasteiger partial charge in [-0.05, 0) is 25.1 Å². The Labute approximate surface area is 175 Å². The molecule has 29 heavy (non-hydrogen) atoms. The first-order chi connectivity index (χ1) is 14.2. The van der Waals surface area contributed by atoms with E-state index < -0.39 is 0 Å². The van der Waals surface area contributed by atoms with Crippen LogP contribution in [0.2, 0.25) is 0 Å². The number of nitrogens with zero attached hydrogens (tertiary/aromatic N) is 3. The number of aromatic hydroxyl groups is 1. The number of benzene rings is 3. The van der Waals surface area contributed by atoms with E-state index in [1.54, 1.807) is 13.0 Å². The van der Waals surface area contributed by atoms with Crippen molar-refractivity contribution in [2.45, 2.75) is 11.8 Å². The monoisotopic (exact) mass is 423 g/mol. The number of para-hydroxylation sites is 1. The van der Waals surface area contributed by atoms with Gasteiger partial charge in [0.05, 0.1) is 22.6 Å². The number of ether oxygens (including phenoxy) is 1. The standard InChI is InChI=1S/C21H17N3O3S2/c1-2-27-19(26)12-28-18-11-16(25)13-7-3-4-8-14(13)20(18)23-24-21-22-15-9-5-6-10-17(15)29-21/h3-11,25H,2,12H2,1H3. The van der Waals surface area contributed by atoms with E-state index in [2.05, 4.69) is 15.2 Å². The molecule has 0 saturated heterocycles. The van der Waals surface area contributed by atoms with Gasteiger partial charge in [-0.3, -0.25) is 4.79 Å². The molecular weight excluding hydrogens is 406 g/mol. The summed E-state index contributed by atoms with van der Waals surface area (Å²) in [5.74, 6) is -0.0694. The van der Waals surface area contributed by atoms with E-state index in [0.717, 1.165) is 15.6 Å². The Bertz CT molecular complexity index is 1190. The highest BCUT2D eigenvalue weighted by Crippen LogP contribution is 2.42. The van der Waals surface area contributed by atoms with Crippen LogP contribution in [0.4, 0.5) is 10.8 Å². The van der Waals surface area contributed by atoms with Gasteiger partial charge < -0.3 is 9.84 Å². The Hall–Kier alpha value is -2.97. The molecule has 0 unspecified atom stereocenters. The van der Waals surface area contributed by atoms with Crippen LogP contribution in [0.15, 0.2) is 69.7 Å². The van der Waals surface area contributed by atoms with Crippen LogP contribution in [-0.4, -0.2) is 28.4 Å². The van der Waals surface area contributed by atoms with Crippen molar-refractivity contribution in [3.8, 4) is 5.75 Å². The smallest absolute Gasteiger partial charge is 0.316 e. The molecule has 146 valence electrons. The van der Waals surface area contributed by atoms with Gasteiger partial charge in [0.2, 0.25) is 5.13 Å². The largest absolute Gasteiger partial charge is 0.507 e. The molecule has 0 fully saturated rings. The molecule has 0 radical (unpaired) electrons. The molecular formula is C21H17N3O3S2. The Balaban J connectivity index is 1.74.